The summed E-state index contributed by atoms with van der Waals surface area (Å²) in [4.78, 5) is 0.0788. The second-order valence-corrected chi connectivity index (χ2v) is 7.31. The minimum Gasteiger partial charge on any atom is -0.207 e. The summed E-state index contributed by atoms with van der Waals surface area (Å²) in [6.45, 7) is 1.01. The van der Waals surface area contributed by atoms with Crippen molar-refractivity contribution in [2.24, 2.45) is 0 Å². The zero-order chi connectivity index (χ0) is 13.2. The molecule has 1 aliphatic rings. The lowest BCUT2D eigenvalue weighted by Crippen LogP contribution is -2.37. The molecular weight excluding hydrogens is 292 g/mol. The second-order valence-electron chi connectivity index (χ2n) is 3.77. The van der Waals surface area contributed by atoms with Crippen LogP contribution in [0.3, 0.4) is 0 Å². The first kappa shape index (κ1) is 13.7. The molecule has 0 atom stereocenters. The number of hydrogen-bond donors (Lipinski definition) is 0. The average Bonchev–Trinajstić information content (AvgIpc) is 2.39. The first-order valence-electron chi connectivity index (χ1n) is 5.33. The molecule has 4 nitrogen and oxygen atoms in total. The van der Waals surface area contributed by atoms with Gasteiger partial charge in [-0.3, -0.25) is 0 Å². The molecule has 7 heteroatoms. The van der Waals surface area contributed by atoms with Gasteiger partial charge in [-0.15, -0.1) is 0 Å². The van der Waals surface area contributed by atoms with Crippen LogP contribution in [0.4, 0.5) is 0 Å². The summed E-state index contributed by atoms with van der Waals surface area (Å²) in [6, 6.07) is 6.18. The molecule has 0 N–H and O–H groups in total. The van der Waals surface area contributed by atoms with Crippen LogP contribution in [0.1, 0.15) is 5.56 Å². The Morgan fingerprint density at radius 3 is 2.56 bits per heavy atom. The maximum absolute atomic E-state index is 12.4. The van der Waals surface area contributed by atoms with Crippen molar-refractivity contribution < 1.29 is 8.42 Å². The van der Waals surface area contributed by atoms with Gasteiger partial charge < -0.3 is 0 Å². The fourth-order valence-electron chi connectivity index (χ4n) is 1.71. The normalized spacial score (nSPS) is 17.3. The highest BCUT2D eigenvalue weighted by atomic mass is 35.5. The number of rotatable bonds is 2. The van der Waals surface area contributed by atoms with Gasteiger partial charge in [0.15, 0.2) is 0 Å². The van der Waals surface area contributed by atoms with Crippen molar-refractivity contribution >= 4 is 33.4 Å². The zero-order valence-electron chi connectivity index (χ0n) is 9.47. The van der Waals surface area contributed by atoms with Gasteiger partial charge in [0, 0.05) is 24.6 Å². The Bertz CT molecular complexity index is 590. The molecule has 0 saturated carbocycles. The van der Waals surface area contributed by atoms with E-state index in [1.165, 1.54) is 22.5 Å². The van der Waals surface area contributed by atoms with E-state index in [1.54, 1.807) is 11.8 Å². The molecule has 0 unspecified atom stereocenters. The van der Waals surface area contributed by atoms with Crippen LogP contribution in [-0.2, 0) is 10.0 Å². The molecule has 1 aliphatic heterocycles. The number of nitriles is 1. The Morgan fingerprint density at radius 2 is 2.00 bits per heavy atom. The highest BCUT2D eigenvalue weighted by Crippen LogP contribution is 2.27. The molecule has 1 saturated heterocycles. The Balaban J connectivity index is 2.38. The fraction of sp³-hybridized carbons (Fsp3) is 0.364. The van der Waals surface area contributed by atoms with Crippen molar-refractivity contribution in [2.45, 2.75) is 4.90 Å². The molecule has 0 bridgehead atoms. The Kier molecular flexibility index (Phi) is 4.17. The summed E-state index contributed by atoms with van der Waals surface area (Å²) in [7, 11) is -3.54. The fourth-order valence-corrected chi connectivity index (χ4v) is 4.80. The Morgan fingerprint density at radius 1 is 1.33 bits per heavy atom. The topological polar surface area (TPSA) is 61.2 Å². The van der Waals surface area contributed by atoms with Gasteiger partial charge in [0.25, 0.3) is 0 Å². The third-order valence-electron chi connectivity index (χ3n) is 2.65. The molecule has 18 heavy (non-hydrogen) atoms. The summed E-state index contributed by atoms with van der Waals surface area (Å²) in [5.74, 6) is 1.60. The van der Waals surface area contributed by atoms with E-state index in [-0.39, 0.29) is 9.92 Å². The zero-order valence-corrected chi connectivity index (χ0v) is 11.9. The predicted octanol–water partition coefficient (Wildman–Crippen LogP) is 1.95. The first-order valence-corrected chi connectivity index (χ1v) is 8.30. The molecular formula is C11H11ClN2O2S2. The average molecular weight is 303 g/mol. The minimum absolute atomic E-state index is 0.0788. The van der Waals surface area contributed by atoms with Gasteiger partial charge in [0.05, 0.1) is 16.7 Å². The van der Waals surface area contributed by atoms with Crippen LogP contribution in [0.2, 0.25) is 5.02 Å². The highest BCUT2D eigenvalue weighted by molar-refractivity contribution is 7.99. The van der Waals surface area contributed by atoms with Crippen LogP contribution >= 0.6 is 23.4 Å². The van der Waals surface area contributed by atoms with E-state index < -0.39 is 10.0 Å². The number of halogens is 1. The first-order chi connectivity index (χ1) is 8.55. The van der Waals surface area contributed by atoms with E-state index in [1.807, 2.05) is 6.07 Å². The molecule has 0 spiro atoms. The van der Waals surface area contributed by atoms with Crippen molar-refractivity contribution in [1.82, 2.24) is 4.31 Å². The molecule has 0 radical (unpaired) electrons. The van der Waals surface area contributed by atoms with Crippen molar-refractivity contribution in [2.75, 3.05) is 24.6 Å². The lowest BCUT2D eigenvalue weighted by Gasteiger charge is -2.25. The summed E-state index contributed by atoms with van der Waals surface area (Å²) in [5, 5.41) is 8.84. The lowest BCUT2D eigenvalue weighted by molar-refractivity contribution is 0.443. The van der Waals surface area contributed by atoms with Crippen LogP contribution in [-0.4, -0.2) is 37.3 Å². The number of sulfonamides is 1. The number of benzene rings is 1. The van der Waals surface area contributed by atoms with Crippen molar-refractivity contribution in [3.63, 3.8) is 0 Å². The standard InChI is InChI=1S/C11H11ClN2O2S2/c12-10-7-9(8-13)1-2-11(10)18(15,16)14-3-5-17-6-4-14/h1-2,7H,3-6H2. The lowest BCUT2D eigenvalue weighted by atomic mass is 10.2. The maximum atomic E-state index is 12.4. The van der Waals surface area contributed by atoms with Crippen molar-refractivity contribution in [1.29, 1.82) is 5.26 Å². The van der Waals surface area contributed by atoms with E-state index >= 15 is 0 Å². The Labute approximate surface area is 116 Å². The van der Waals surface area contributed by atoms with Gasteiger partial charge in [-0.05, 0) is 18.2 Å². The molecule has 1 fully saturated rings. The van der Waals surface area contributed by atoms with Crippen molar-refractivity contribution in [3.8, 4) is 6.07 Å². The SMILES string of the molecule is N#Cc1ccc(S(=O)(=O)N2CCSCC2)c(Cl)c1. The van der Waals surface area contributed by atoms with Crippen LogP contribution in [0, 0.1) is 11.3 Å². The van der Waals surface area contributed by atoms with Gasteiger partial charge in [0.1, 0.15) is 4.90 Å². The third kappa shape index (κ3) is 2.64. The molecule has 1 aromatic rings. The van der Waals surface area contributed by atoms with Gasteiger partial charge in [-0.1, -0.05) is 11.6 Å². The molecule has 96 valence electrons. The van der Waals surface area contributed by atoms with Crippen LogP contribution < -0.4 is 0 Å². The third-order valence-corrected chi connectivity index (χ3v) is 5.97. The number of hydrogen-bond acceptors (Lipinski definition) is 4. The summed E-state index contributed by atoms with van der Waals surface area (Å²) >= 11 is 7.69. The largest absolute Gasteiger partial charge is 0.244 e. The van der Waals surface area contributed by atoms with Crippen molar-refractivity contribution in [3.05, 3.63) is 28.8 Å². The van der Waals surface area contributed by atoms with Crippen LogP contribution in [0.15, 0.2) is 23.1 Å². The molecule has 0 amide bonds. The van der Waals surface area contributed by atoms with Crippen LogP contribution in [0.5, 0.6) is 0 Å². The summed E-state index contributed by atoms with van der Waals surface area (Å²) in [6.07, 6.45) is 0. The Hall–Kier alpha value is -0.740. The molecule has 0 aliphatic carbocycles. The predicted molar refractivity (Wildman–Crippen MR) is 72.3 cm³/mol. The summed E-state index contributed by atoms with van der Waals surface area (Å²) in [5.41, 5.74) is 0.355. The van der Waals surface area contributed by atoms with E-state index in [4.69, 9.17) is 16.9 Å². The smallest absolute Gasteiger partial charge is 0.207 e. The van der Waals surface area contributed by atoms with Gasteiger partial charge in [0.2, 0.25) is 10.0 Å². The maximum Gasteiger partial charge on any atom is 0.244 e. The molecule has 1 heterocycles. The van der Waals surface area contributed by atoms with E-state index in [2.05, 4.69) is 0 Å². The molecule has 2 rings (SSSR count). The summed E-state index contributed by atoms with van der Waals surface area (Å²) < 4.78 is 26.2. The highest BCUT2D eigenvalue weighted by Gasteiger charge is 2.28. The van der Waals surface area contributed by atoms with E-state index in [9.17, 15) is 8.42 Å². The quantitative estimate of drug-likeness (QED) is 0.838. The second kappa shape index (κ2) is 5.49. The van der Waals surface area contributed by atoms with Crippen LogP contribution in [0.25, 0.3) is 0 Å². The number of thioether (sulfide) groups is 1. The van der Waals surface area contributed by atoms with Gasteiger partial charge in [-0.25, -0.2) is 8.42 Å². The molecule has 0 aromatic heterocycles. The number of nitrogens with zero attached hydrogens (tertiary/aromatic N) is 2. The molecule has 1 aromatic carbocycles. The van der Waals surface area contributed by atoms with E-state index in [0.29, 0.717) is 18.7 Å². The minimum atomic E-state index is -3.54. The monoisotopic (exact) mass is 302 g/mol. The van der Waals surface area contributed by atoms with E-state index in [0.717, 1.165) is 11.5 Å². The van der Waals surface area contributed by atoms with Gasteiger partial charge >= 0.3 is 0 Å². The van der Waals surface area contributed by atoms with Gasteiger partial charge in [-0.2, -0.15) is 21.3 Å².